The van der Waals surface area contributed by atoms with Gasteiger partial charge in [0.25, 0.3) is 0 Å². The molecule has 15 heavy (non-hydrogen) atoms. The van der Waals surface area contributed by atoms with Crippen LogP contribution in [0.3, 0.4) is 0 Å². The van der Waals surface area contributed by atoms with Crippen LogP contribution in [0.5, 0.6) is 0 Å². The molecular formula is C9H9F3O2S. The lowest BCUT2D eigenvalue weighted by molar-refractivity contribution is -0.163. The van der Waals surface area contributed by atoms with Crippen LogP contribution in [0.15, 0.2) is 17.5 Å². The molecule has 0 aromatic carbocycles. The van der Waals surface area contributed by atoms with Gasteiger partial charge in [-0.2, -0.15) is 13.2 Å². The highest BCUT2D eigenvalue weighted by atomic mass is 32.1. The van der Waals surface area contributed by atoms with Gasteiger partial charge in [0.05, 0.1) is 12.3 Å². The van der Waals surface area contributed by atoms with Crippen LogP contribution < -0.4 is 0 Å². The van der Waals surface area contributed by atoms with Gasteiger partial charge in [-0.05, 0) is 17.9 Å². The van der Waals surface area contributed by atoms with E-state index in [1.807, 2.05) is 0 Å². The van der Waals surface area contributed by atoms with Crippen LogP contribution >= 0.6 is 11.3 Å². The smallest absolute Gasteiger partial charge is 0.389 e. The first-order valence-electron chi connectivity index (χ1n) is 4.20. The van der Waals surface area contributed by atoms with Crippen molar-refractivity contribution in [3.8, 4) is 0 Å². The first-order valence-corrected chi connectivity index (χ1v) is 5.08. The van der Waals surface area contributed by atoms with Crippen molar-refractivity contribution in [3.63, 3.8) is 0 Å². The number of carboxylic acid groups (broad SMARTS) is 1. The van der Waals surface area contributed by atoms with Crippen LogP contribution in [0.25, 0.3) is 0 Å². The predicted octanol–water partition coefficient (Wildman–Crippen LogP) is 2.94. The van der Waals surface area contributed by atoms with Gasteiger partial charge >= 0.3 is 12.1 Å². The number of thiophene rings is 1. The van der Waals surface area contributed by atoms with Gasteiger partial charge in [0.1, 0.15) is 0 Å². The Morgan fingerprint density at radius 3 is 2.60 bits per heavy atom. The lowest BCUT2D eigenvalue weighted by Gasteiger charge is -2.13. The minimum Gasteiger partial charge on any atom is -0.481 e. The summed E-state index contributed by atoms with van der Waals surface area (Å²) in [6, 6.07) is 3.32. The van der Waals surface area contributed by atoms with Crippen LogP contribution in [0, 0.1) is 5.92 Å². The Bertz CT molecular complexity index is 319. The zero-order chi connectivity index (χ0) is 11.5. The molecule has 1 N–H and O–H groups in total. The minimum absolute atomic E-state index is 0.0630. The van der Waals surface area contributed by atoms with Crippen LogP contribution in [-0.4, -0.2) is 17.3 Å². The van der Waals surface area contributed by atoms with E-state index in [0.29, 0.717) is 4.88 Å². The number of carbonyl (C=O) groups is 1. The third-order valence-electron chi connectivity index (χ3n) is 1.85. The Labute approximate surface area is 88.3 Å². The fourth-order valence-electron chi connectivity index (χ4n) is 1.20. The molecule has 1 heterocycles. The summed E-state index contributed by atoms with van der Waals surface area (Å²) in [7, 11) is 0. The van der Waals surface area contributed by atoms with Gasteiger partial charge in [-0.15, -0.1) is 11.3 Å². The SMILES string of the molecule is O=C(O)[C@H](Cc1cccs1)CC(F)(F)F. The van der Waals surface area contributed by atoms with Crippen molar-refractivity contribution in [1.82, 2.24) is 0 Å². The monoisotopic (exact) mass is 238 g/mol. The molecule has 0 aliphatic rings. The molecule has 0 spiro atoms. The van der Waals surface area contributed by atoms with Crippen LogP contribution in [-0.2, 0) is 11.2 Å². The summed E-state index contributed by atoms with van der Waals surface area (Å²) in [4.78, 5) is 11.3. The van der Waals surface area contributed by atoms with E-state index in [1.165, 1.54) is 11.3 Å². The van der Waals surface area contributed by atoms with Gasteiger partial charge < -0.3 is 5.11 Å². The average Bonchev–Trinajstić information content (AvgIpc) is 2.52. The van der Waals surface area contributed by atoms with Gasteiger partial charge in [-0.3, -0.25) is 4.79 Å². The predicted molar refractivity (Wildman–Crippen MR) is 49.8 cm³/mol. The molecule has 0 saturated carbocycles. The molecule has 6 heteroatoms. The Morgan fingerprint density at radius 2 is 2.20 bits per heavy atom. The Hall–Kier alpha value is -1.04. The maximum absolute atomic E-state index is 12.0. The van der Waals surface area contributed by atoms with Crippen molar-refractivity contribution >= 4 is 17.3 Å². The molecule has 0 aliphatic carbocycles. The molecule has 0 aliphatic heterocycles. The number of alkyl halides is 3. The molecule has 0 saturated heterocycles. The van der Waals surface area contributed by atoms with E-state index >= 15 is 0 Å². The second-order valence-corrected chi connectivity index (χ2v) is 4.17. The molecule has 0 radical (unpaired) electrons. The fraction of sp³-hybridized carbons (Fsp3) is 0.444. The van der Waals surface area contributed by atoms with E-state index < -0.39 is 24.5 Å². The third-order valence-corrected chi connectivity index (χ3v) is 2.75. The van der Waals surface area contributed by atoms with E-state index in [9.17, 15) is 18.0 Å². The highest BCUT2D eigenvalue weighted by molar-refractivity contribution is 7.09. The second kappa shape index (κ2) is 4.65. The van der Waals surface area contributed by atoms with Crippen molar-refractivity contribution < 1.29 is 23.1 Å². The zero-order valence-corrected chi connectivity index (χ0v) is 8.44. The molecule has 1 atom stereocenters. The summed E-state index contributed by atoms with van der Waals surface area (Å²) in [6.07, 6.45) is -5.77. The molecule has 2 nitrogen and oxygen atoms in total. The van der Waals surface area contributed by atoms with E-state index in [-0.39, 0.29) is 6.42 Å². The van der Waals surface area contributed by atoms with Crippen molar-refractivity contribution in [2.45, 2.75) is 19.0 Å². The van der Waals surface area contributed by atoms with Crippen molar-refractivity contribution in [2.24, 2.45) is 5.92 Å². The summed E-state index contributed by atoms with van der Waals surface area (Å²) in [5.74, 6) is -2.79. The largest absolute Gasteiger partial charge is 0.481 e. The van der Waals surface area contributed by atoms with E-state index in [1.54, 1.807) is 17.5 Å². The average molecular weight is 238 g/mol. The summed E-state index contributed by atoms with van der Waals surface area (Å²) in [6.45, 7) is 0. The van der Waals surface area contributed by atoms with Crippen molar-refractivity contribution in [2.75, 3.05) is 0 Å². The van der Waals surface area contributed by atoms with Crippen LogP contribution in [0.4, 0.5) is 13.2 Å². The lowest BCUT2D eigenvalue weighted by atomic mass is 10.0. The van der Waals surface area contributed by atoms with E-state index in [0.717, 1.165) is 0 Å². The zero-order valence-electron chi connectivity index (χ0n) is 7.62. The molecule has 1 rings (SSSR count). The number of hydrogen-bond donors (Lipinski definition) is 1. The highest BCUT2D eigenvalue weighted by Gasteiger charge is 2.35. The van der Waals surface area contributed by atoms with Gasteiger partial charge in [0, 0.05) is 4.88 Å². The van der Waals surface area contributed by atoms with Crippen molar-refractivity contribution in [3.05, 3.63) is 22.4 Å². The molecule has 0 unspecified atom stereocenters. The first-order chi connectivity index (χ1) is 6.88. The van der Waals surface area contributed by atoms with Crippen LogP contribution in [0.2, 0.25) is 0 Å². The highest BCUT2D eigenvalue weighted by Crippen LogP contribution is 2.28. The Morgan fingerprint density at radius 1 is 1.53 bits per heavy atom. The molecular weight excluding hydrogens is 229 g/mol. The van der Waals surface area contributed by atoms with Gasteiger partial charge in [0.15, 0.2) is 0 Å². The summed E-state index contributed by atoms with van der Waals surface area (Å²) >= 11 is 1.26. The minimum atomic E-state index is -4.43. The number of aliphatic carboxylic acids is 1. The Balaban J connectivity index is 2.63. The molecule has 84 valence electrons. The molecule has 0 amide bonds. The van der Waals surface area contributed by atoms with E-state index in [2.05, 4.69) is 0 Å². The summed E-state index contributed by atoms with van der Waals surface area (Å²) in [5, 5.41) is 10.4. The quantitative estimate of drug-likeness (QED) is 0.875. The number of hydrogen-bond acceptors (Lipinski definition) is 2. The van der Waals surface area contributed by atoms with Gasteiger partial charge in [-0.25, -0.2) is 0 Å². The first kappa shape index (κ1) is 12.0. The van der Waals surface area contributed by atoms with Gasteiger partial charge in [0.2, 0.25) is 0 Å². The summed E-state index contributed by atoms with van der Waals surface area (Å²) < 4.78 is 36.1. The summed E-state index contributed by atoms with van der Waals surface area (Å²) in [5.41, 5.74) is 0. The standard InChI is InChI=1S/C9H9F3O2S/c10-9(11,12)5-6(8(13)14)4-7-2-1-3-15-7/h1-3,6H,4-5H2,(H,13,14)/t6-/m1/s1. The van der Waals surface area contributed by atoms with Gasteiger partial charge in [-0.1, -0.05) is 6.07 Å². The second-order valence-electron chi connectivity index (χ2n) is 3.14. The van der Waals surface area contributed by atoms with E-state index in [4.69, 9.17) is 5.11 Å². The Kier molecular flexibility index (Phi) is 3.73. The molecule has 0 bridgehead atoms. The maximum Gasteiger partial charge on any atom is 0.389 e. The molecule has 0 fully saturated rings. The lowest BCUT2D eigenvalue weighted by Crippen LogP contribution is -2.23. The normalized spacial score (nSPS) is 13.8. The fourth-order valence-corrected chi connectivity index (χ4v) is 1.98. The van der Waals surface area contributed by atoms with Crippen molar-refractivity contribution in [1.29, 1.82) is 0 Å². The number of rotatable bonds is 4. The topological polar surface area (TPSA) is 37.3 Å². The number of halogens is 3. The van der Waals surface area contributed by atoms with Crippen LogP contribution in [0.1, 0.15) is 11.3 Å². The number of carboxylic acids is 1. The molecule has 1 aromatic heterocycles. The maximum atomic E-state index is 12.0. The third kappa shape index (κ3) is 4.33. The molecule has 1 aromatic rings.